The number of carbonyl (C=O) groups excluding carboxylic acids is 1. The smallest absolute Gasteiger partial charge is 0.269 e. The van der Waals surface area contributed by atoms with E-state index in [0.29, 0.717) is 11.6 Å². The van der Waals surface area contributed by atoms with Gasteiger partial charge in [0.05, 0.1) is 17.8 Å². The molecule has 2 N–H and O–H groups in total. The molecule has 3 atom stereocenters. The molecule has 1 aliphatic heterocycles. The Morgan fingerprint density at radius 3 is 2.77 bits per heavy atom. The molecule has 2 unspecified atom stereocenters. The zero-order chi connectivity index (χ0) is 20.5. The molecule has 0 radical (unpaired) electrons. The summed E-state index contributed by atoms with van der Waals surface area (Å²) < 4.78 is 0. The fourth-order valence-electron chi connectivity index (χ4n) is 4.52. The van der Waals surface area contributed by atoms with Crippen LogP contribution in [0.25, 0.3) is 11.3 Å². The van der Waals surface area contributed by atoms with Crippen molar-refractivity contribution in [2.75, 3.05) is 6.54 Å². The molecule has 6 nitrogen and oxygen atoms in total. The first-order valence-corrected chi connectivity index (χ1v) is 10.9. The summed E-state index contributed by atoms with van der Waals surface area (Å²) in [5, 5.41) is 19.7. The highest BCUT2D eigenvalue weighted by Crippen LogP contribution is 2.38. The fraction of sp³-hybridized carbons (Fsp3) is 0.261. The molecule has 30 heavy (non-hydrogen) atoms. The molecule has 2 heterocycles. The topological polar surface area (TPSA) is 84.8 Å². The second-order valence-corrected chi connectivity index (χ2v) is 8.85. The zero-order valence-electron chi connectivity index (χ0n) is 16.3. The van der Waals surface area contributed by atoms with Crippen LogP contribution < -0.4 is 5.32 Å². The van der Waals surface area contributed by atoms with Gasteiger partial charge in [-0.15, -0.1) is 0 Å². The van der Waals surface area contributed by atoms with Crippen LogP contribution in [-0.2, 0) is 0 Å². The van der Waals surface area contributed by atoms with Gasteiger partial charge in [-0.2, -0.15) is 10.4 Å². The minimum absolute atomic E-state index is 0.0322. The number of hydrogen-bond donors (Lipinski definition) is 2. The van der Waals surface area contributed by atoms with E-state index in [1.807, 2.05) is 36.4 Å². The third kappa shape index (κ3) is 3.44. The lowest BCUT2D eigenvalue weighted by Gasteiger charge is -2.21. The predicted molar refractivity (Wildman–Crippen MR) is 115 cm³/mol. The van der Waals surface area contributed by atoms with E-state index in [-0.39, 0.29) is 18.0 Å². The first-order valence-electron chi connectivity index (χ1n) is 10.1. The molecule has 0 spiro atoms. The Kier molecular flexibility index (Phi) is 4.93. The average molecular weight is 416 g/mol. The van der Waals surface area contributed by atoms with Gasteiger partial charge in [0.1, 0.15) is 5.69 Å². The summed E-state index contributed by atoms with van der Waals surface area (Å²) in [7, 11) is 0. The number of aromatic nitrogens is 2. The summed E-state index contributed by atoms with van der Waals surface area (Å²) in [4.78, 5) is 16.9. The van der Waals surface area contributed by atoms with Gasteiger partial charge in [0, 0.05) is 21.9 Å². The van der Waals surface area contributed by atoms with Gasteiger partial charge in [0.2, 0.25) is 0 Å². The van der Waals surface area contributed by atoms with Gasteiger partial charge in [-0.25, -0.2) is 0 Å². The molecule has 1 aliphatic carbocycles. The van der Waals surface area contributed by atoms with Crippen molar-refractivity contribution in [2.45, 2.75) is 34.7 Å². The van der Waals surface area contributed by atoms with Crippen LogP contribution in [0.2, 0.25) is 0 Å². The maximum Gasteiger partial charge on any atom is 0.269 e. The Hall–Kier alpha value is -3.24. The van der Waals surface area contributed by atoms with E-state index in [9.17, 15) is 10.1 Å². The number of fused-ring (bicyclic) bond motifs is 2. The van der Waals surface area contributed by atoms with E-state index in [1.54, 1.807) is 22.7 Å². The monoisotopic (exact) mass is 415 g/mol. The molecular weight excluding hydrogens is 394 g/mol. The lowest BCUT2D eigenvalue weighted by Crippen LogP contribution is -2.42. The molecular formula is C23H21N5OS. The van der Waals surface area contributed by atoms with Crippen LogP contribution in [0.3, 0.4) is 0 Å². The number of carbonyl (C=O) groups is 1. The Bertz CT molecular complexity index is 1110. The number of nitrogens with one attached hydrogen (secondary N) is 2. The normalized spacial score (nSPS) is 22.1. The molecule has 1 saturated carbocycles. The number of amides is 1. The highest BCUT2D eigenvalue weighted by Gasteiger charge is 2.47. The summed E-state index contributed by atoms with van der Waals surface area (Å²) in [5.74, 6) is 0.188. The molecule has 3 aromatic rings. The molecule has 7 heteroatoms. The van der Waals surface area contributed by atoms with Gasteiger partial charge in [-0.1, -0.05) is 48.2 Å². The van der Waals surface area contributed by atoms with Crippen LogP contribution in [0.1, 0.15) is 23.3 Å². The second-order valence-electron chi connectivity index (χ2n) is 7.73. The summed E-state index contributed by atoms with van der Waals surface area (Å²) in [5.41, 5.74) is 2.17. The quantitative estimate of drug-likeness (QED) is 0.618. The first kappa shape index (κ1) is 18.8. The van der Waals surface area contributed by atoms with E-state index in [0.717, 1.165) is 40.4 Å². The van der Waals surface area contributed by atoms with Crippen molar-refractivity contribution in [1.29, 1.82) is 5.26 Å². The molecule has 1 amide bonds. The number of likely N-dealkylation sites (tertiary alicyclic amines) is 1. The van der Waals surface area contributed by atoms with E-state index >= 15 is 0 Å². The standard InChI is InChI=1S/C23H21N5OS/c24-14-28-13-15-10-11-20(28)22(15)25-23(29)19-12-18(26-27-19)17-8-4-5-9-21(17)30-16-6-2-1-3-7-16/h1-9,12,15,20,22H,10-11,13H2,(H,25,29)(H,26,27)/t15?,20?,22-/m1/s1. The summed E-state index contributed by atoms with van der Waals surface area (Å²) in [6.45, 7) is 0.740. The third-order valence-electron chi connectivity index (χ3n) is 5.97. The minimum atomic E-state index is -0.163. The molecule has 5 rings (SSSR count). The molecule has 2 aliphatic rings. The van der Waals surface area contributed by atoms with E-state index in [1.165, 1.54) is 0 Å². The summed E-state index contributed by atoms with van der Waals surface area (Å²) in [6.07, 6.45) is 4.27. The number of hydrogen-bond acceptors (Lipinski definition) is 5. The van der Waals surface area contributed by atoms with Crippen LogP contribution in [0.5, 0.6) is 0 Å². The van der Waals surface area contributed by atoms with Crippen LogP contribution in [-0.4, -0.2) is 39.6 Å². The largest absolute Gasteiger partial charge is 0.346 e. The molecule has 2 aromatic carbocycles. The Morgan fingerprint density at radius 1 is 1.17 bits per heavy atom. The highest BCUT2D eigenvalue weighted by molar-refractivity contribution is 7.99. The van der Waals surface area contributed by atoms with Crippen LogP contribution in [0.4, 0.5) is 0 Å². The summed E-state index contributed by atoms with van der Waals surface area (Å²) in [6, 6.07) is 20.2. The van der Waals surface area contributed by atoms with Crippen molar-refractivity contribution in [3.05, 3.63) is 66.4 Å². The van der Waals surface area contributed by atoms with Crippen molar-refractivity contribution in [2.24, 2.45) is 5.92 Å². The lowest BCUT2D eigenvalue weighted by atomic mass is 10.1. The number of rotatable bonds is 5. The predicted octanol–water partition coefficient (Wildman–Crippen LogP) is 3.90. The minimum Gasteiger partial charge on any atom is -0.346 e. The number of nitrogens with zero attached hydrogens (tertiary/aromatic N) is 3. The van der Waals surface area contributed by atoms with Gasteiger partial charge in [-0.05, 0) is 43.0 Å². The number of nitriles is 1. The van der Waals surface area contributed by atoms with Crippen LogP contribution >= 0.6 is 11.8 Å². The molecule has 1 saturated heterocycles. The van der Waals surface area contributed by atoms with Gasteiger partial charge >= 0.3 is 0 Å². The van der Waals surface area contributed by atoms with Crippen molar-refractivity contribution < 1.29 is 4.79 Å². The molecule has 150 valence electrons. The van der Waals surface area contributed by atoms with Gasteiger partial charge < -0.3 is 10.2 Å². The van der Waals surface area contributed by atoms with E-state index in [4.69, 9.17) is 0 Å². The van der Waals surface area contributed by atoms with Gasteiger partial charge in [-0.3, -0.25) is 9.89 Å². The lowest BCUT2D eigenvalue weighted by molar-refractivity contribution is 0.0924. The maximum atomic E-state index is 12.8. The summed E-state index contributed by atoms with van der Waals surface area (Å²) >= 11 is 1.67. The van der Waals surface area contributed by atoms with Crippen LogP contribution in [0, 0.1) is 17.4 Å². The van der Waals surface area contributed by atoms with Gasteiger partial charge in [0.25, 0.3) is 5.91 Å². The van der Waals surface area contributed by atoms with E-state index in [2.05, 4.69) is 39.9 Å². The van der Waals surface area contributed by atoms with Crippen molar-refractivity contribution >= 4 is 17.7 Å². The first-order chi connectivity index (χ1) is 14.7. The molecule has 1 aromatic heterocycles. The Morgan fingerprint density at radius 2 is 1.97 bits per heavy atom. The van der Waals surface area contributed by atoms with E-state index < -0.39 is 0 Å². The highest BCUT2D eigenvalue weighted by atomic mass is 32.2. The van der Waals surface area contributed by atoms with Crippen molar-refractivity contribution in [3.8, 4) is 17.5 Å². The third-order valence-corrected chi connectivity index (χ3v) is 7.05. The number of aromatic amines is 1. The molecule has 2 bridgehead atoms. The SMILES string of the molecule is N#CN1CC2CCC1[C@@H]2NC(=O)c1cc(-c2ccccc2Sc2ccccc2)n[nH]1. The van der Waals surface area contributed by atoms with Gasteiger partial charge in [0.15, 0.2) is 6.19 Å². The second kappa shape index (κ2) is 7.88. The van der Waals surface area contributed by atoms with Crippen LogP contribution in [0.15, 0.2) is 70.5 Å². The Labute approximate surface area is 179 Å². The molecule has 2 fully saturated rings. The number of H-pyrrole nitrogens is 1. The fourth-order valence-corrected chi connectivity index (χ4v) is 5.49. The zero-order valence-corrected chi connectivity index (χ0v) is 17.1. The number of benzene rings is 2. The Balaban J connectivity index is 1.34. The number of piperidine rings is 1. The average Bonchev–Trinajstić information content (AvgIpc) is 3.50. The van der Waals surface area contributed by atoms with Crippen molar-refractivity contribution in [3.63, 3.8) is 0 Å². The van der Waals surface area contributed by atoms with Crippen molar-refractivity contribution in [1.82, 2.24) is 20.4 Å². The maximum absolute atomic E-state index is 12.8.